The molecule has 0 aliphatic carbocycles. The van der Waals surface area contributed by atoms with E-state index in [1.807, 2.05) is 30.3 Å². The van der Waals surface area contributed by atoms with Gasteiger partial charge in [0.15, 0.2) is 0 Å². The van der Waals surface area contributed by atoms with Crippen molar-refractivity contribution < 1.29 is 24.0 Å². The van der Waals surface area contributed by atoms with Gasteiger partial charge in [0.2, 0.25) is 17.6 Å². The zero-order chi connectivity index (χ0) is 27.3. The van der Waals surface area contributed by atoms with Crippen LogP contribution in [-0.2, 0) is 25.6 Å². The Hall–Kier alpha value is -4.05. The van der Waals surface area contributed by atoms with Gasteiger partial charge >= 0.3 is 0 Å². The van der Waals surface area contributed by atoms with Crippen LogP contribution in [0.15, 0.2) is 60.7 Å². The van der Waals surface area contributed by atoms with Crippen molar-refractivity contribution in [3.8, 4) is 0 Å². The predicted octanol–water partition coefficient (Wildman–Crippen LogP) is 0.430. The average molecular weight is 522 g/mol. The van der Waals surface area contributed by atoms with Gasteiger partial charge in [0.25, 0.3) is 11.8 Å². The molecule has 38 heavy (non-hydrogen) atoms. The number of nitrogens with one attached hydrogen (secondary N) is 4. The molecule has 0 saturated carbocycles. The lowest BCUT2D eigenvalue weighted by molar-refractivity contribution is -0.138. The Balaban J connectivity index is 1.49. The molecule has 3 rings (SSSR count). The number of amides is 4. The van der Waals surface area contributed by atoms with Crippen LogP contribution in [0.5, 0.6) is 0 Å². The van der Waals surface area contributed by atoms with E-state index in [-0.39, 0.29) is 6.42 Å². The molecule has 1 saturated heterocycles. The fraction of sp³-hybridized carbons (Fsp3) is 0.393. The summed E-state index contributed by atoms with van der Waals surface area (Å²) in [7, 11) is 0. The summed E-state index contributed by atoms with van der Waals surface area (Å²) in [6.45, 7) is 4.01. The summed E-state index contributed by atoms with van der Waals surface area (Å²) in [5.74, 6) is -3.11. The summed E-state index contributed by atoms with van der Waals surface area (Å²) in [6, 6.07) is 15.8. The van der Waals surface area contributed by atoms with E-state index in [4.69, 9.17) is 0 Å². The maximum Gasteiger partial charge on any atom is 0.289 e. The van der Waals surface area contributed by atoms with Crippen molar-refractivity contribution in [2.24, 2.45) is 0 Å². The van der Waals surface area contributed by atoms with Crippen LogP contribution in [0, 0.1) is 0 Å². The highest BCUT2D eigenvalue weighted by Gasteiger charge is 2.26. The van der Waals surface area contributed by atoms with Gasteiger partial charge in [-0.3, -0.25) is 24.0 Å². The molecule has 4 amide bonds. The second kappa shape index (κ2) is 14.6. The van der Waals surface area contributed by atoms with Gasteiger partial charge in [-0.1, -0.05) is 48.5 Å². The van der Waals surface area contributed by atoms with E-state index >= 15 is 0 Å². The lowest BCUT2D eigenvalue weighted by atomic mass is 10.0. The van der Waals surface area contributed by atoms with Crippen molar-refractivity contribution >= 4 is 29.4 Å². The molecule has 1 aliphatic rings. The molecule has 1 aliphatic heterocycles. The van der Waals surface area contributed by atoms with Crippen molar-refractivity contribution in [3.05, 3.63) is 71.8 Å². The molecule has 0 radical (unpaired) electrons. The molecule has 1 fully saturated rings. The van der Waals surface area contributed by atoms with Crippen LogP contribution in [0.1, 0.15) is 35.7 Å². The number of hydrogen-bond donors (Lipinski definition) is 4. The largest absolute Gasteiger partial charge is 0.348 e. The fourth-order valence-corrected chi connectivity index (χ4v) is 4.10. The molecular weight excluding hydrogens is 486 g/mol. The SMILES string of the molecule is C[C@H](NC(=O)[C@H](Cc1ccccc1)NC(=O)c1ccccc1)C(=O)NCC(=O)C(=O)NCCN1CCCC1. The molecule has 4 N–H and O–H groups in total. The van der Waals surface area contributed by atoms with Crippen molar-refractivity contribution in [2.45, 2.75) is 38.3 Å². The monoisotopic (exact) mass is 521 g/mol. The first-order valence-electron chi connectivity index (χ1n) is 12.8. The van der Waals surface area contributed by atoms with Crippen LogP contribution >= 0.6 is 0 Å². The molecule has 0 aromatic heterocycles. The number of carbonyl (C=O) groups excluding carboxylic acids is 5. The van der Waals surface area contributed by atoms with Crippen molar-refractivity contribution in [2.75, 3.05) is 32.7 Å². The number of ketones is 1. The van der Waals surface area contributed by atoms with Crippen LogP contribution in [0.2, 0.25) is 0 Å². The number of benzene rings is 2. The number of hydrogen-bond acceptors (Lipinski definition) is 6. The maximum atomic E-state index is 13.1. The summed E-state index contributed by atoms with van der Waals surface area (Å²) in [5, 5.41) is 10.3. The normalized spacial score (nSPS) is 14.7. The minimum absolute atomic E-state index is 0.218. The second-order valence-electron chi connectivity index (χ2n) is 9.26. The summed E-state index contributed by atoms with van der Waals surface area (Å²) in [6.07, 6.45) is 2.50. The highest BCUT2D eigenvalue weighted by molar-refractivity contribution is 6.37. The first-order chi connectivity index (χ1) is 18.3. The van der Waals surface area contributed by atoms with Crippen LogP contribution in [-0.4, -0.2) is 79.1 Å². The van der Waals surface area contributed by atoms with Gasteiger partial charge in [-0.2, -0.15) is 0 Å². The Labute approximate surface area is 222 Å². The van der Waals surface area contributed by atoms with Gasteiger partial charge in [0.05, 0.1) is 6.54 Å². The molecule has 2 aromatic carbocycles. The Morgan fingerprint density at radius 1 is 0.816 bits per heavy atom. The number of likely N-dealkylation sites (tertiary alicyclic amines) is 1. The maximum absolute atomic E-state index is 13.1. The van der Waals surface area contributed by atoms with Crippen molar-refractivity contribution in [3.63, 3.8) is 0 Å². The average Bonchev–Trinajstić information content (AvgIpc) is 3.45. The van der Waals surface area contributed by atoms with Crippen LogP contribution in [0.4, 0.5) is 0 Å². The number of rotatable bonds is 13. The Morgan fingerprint density at radius 3 is 2.11 bits per heavy atom. The molecule has 202 valence electrons. The third kappa shape index (κ3) is 9.11. The molecular formula is C28H35N5O5. The molecule has 2 aromatic rings. The summed E-state index contributed by atoms with van der Waals surface area (Å²) in [4.78, 5) is 64.6. The Bertz CT molecular complexity index is 1100. The number of nitrogens with zero attached hydrogens (tertiary/aromatic N) is 1. The van der Waals surface area contributed by atoms with E-state index in [9.17, 15) is 24.0 Å². The van der Waals surface area contributed by atoms with Gasteiger partial charge in [-0.15, -0.1) is 0 Å². The van der Waals surface area contributed by atoms with E-state index in [1.54, 1.807) is 30.3 Å². The third-order valence-corrected chi connectivity index (χ3v) is 6.28. The first-order valence-corrected chi connectivity index (χ1v) is 12.8. The zero-order valence-corrected chi connectivity index (χ0v) is 21.6. The minimum Gasteiger partial charge on any atom is -0.348 e. The van der Waals surface area contributed by atoms with Gasteiger partial charge in [-0.05, 0) is 50.6 Å². The molecule has 0 spiro atoms. The lowest BCUT2D eigenvalue weighted by Gasteiger charge is -2.21. The number of carbonyl (C=O) groups is 5. The van der Waals surface area contributed by atoms with Crippen LogP contribution in [0.3, 0.4) is 0 Å². The molecule has 2 atom stereocenters. The smallest absolute Gasteiger partial charge is 0.289 e. The molecule has 10 heteroatoms. The summed E-state index contributed by atoms with van der Waals surface area (Å²) >= 11 is 0. The van der Waals surface area contributed by atoms with Crippen LogP contribution in [0.25, 0.3) is 0 Å². The lowest BCUT2D eigenvalue weighted by Crippen LogP contribution is -2.54. The second-order valence-corrected chi connectivity index (χ2v) is 9.26. The quantitative estimate of drug-likeness (QED) is 0.282. The van der Waals surface area contributed by atoms with Crippen molar-refractivity contribution in [1.29, 1.82) is 0 Å². The summed E-state index contributed by atoms with van der Waals surface area (Å²) < 4.78 is 0. The van der Waals surface area contributed by atoms with Gasteiger partial charge in [0.1, 0.15) is 12.1 Å². The highest BCUT2D eigenvalue weighted by Crippen LogP contribution is 2.07. The van der Waals surface area contributed by atoms with Gasteiger partial charge < -0.3 is 26.2 Å². The third-order valence-electron chi connectivity index (χ3n) is 6.28. The van der Waals surface area contributed by atoms with Crippen LogP contribution < -0.4 is 21.3 Å². The molecule has 1 heterocycles. The van der Waals surface area contributed by atoms with Gasteiger partial charge in [0, 0.05) is 25.1 Å². The number of Topliss-reactive ketones (excluding diaryl/α,β-unsaturated/α-hetero) is 1. The molecule has 10 nitrogen and oxygen atoms in total. The Morgan fingerprint density at radius 2 is 1.45 bits per heavy atom. The van der Waals surface area contributed by atoms with E-state index in [2.05, 4.69) is 26.2 Å². The predicted molar refractivity (Wildman–Crippen MR) is 142 cm³/mol. The zero-order valence-electron chi connectivity index (χ0n) is 21.6. The van der Waals surface area contributed by atoms with E-state index in [0.717, 1.165) is 31.5 Å². The van der Waals surface area contributed by atoms with E-state index < -0.39 is 48.0 Å². The first kappa shape index (κ1) is 28.5. The minimum atomic E-state index is -1.000. The molecule has 0 unspecified atom stereocenters. The van der Waals surface area contributed by atoms with Gasteiger partial charge in [-0.25, -0.2) is 0 Å². The van der Waals surface area contributed by atoms with E-state index in [0.29, 0.717) is 18.7 Å². The molecule has 0 bridgehead atoms. The summed E-state index contributed by atoms with van der Waals surface area (Å²) in [5.41, 5.74) is 1.24. The van der Waals surface area contributed by atoms with E-state index in [1.165, 1.54) is 6.92 Å². The van der Waals surface area contributed by atoms with Crippen molar-refractivity contribution in [1.82, 2.24) is 26.2 Å². The highest BCUT2D eigenvalue weighted by atomic mass is 16.2. The fourth-order valence-electron chi connectivity index (χ4n) is 4.10. The standard InChI is InChI=1S/C28H35N5O5/c1-20(25(35)30-19-24(34)28(38)29-14-17-33-15-8-9-16-33)31-27(37)23(18-21-10-4-2-5-11-21)32-26(36)22-12-6-3-7-13-22/h2-7,10-13,20,23H,8-9,14-19H2,1H3,(H,29,38)(H,30,35)(H,31,37)(H,32,36)/t20-,23-/m0/s1. The Kier molecular flexibility index (Phi) is 11.0. The topological polar surface area (TPSA) is 137 Å².